The molecule has 2 saturated heterocycles. The molecule has 2 heterocycles. The van der Waals surface area contributed by atoms with E-state index in [9.17, 15) is 4.79 Å². The van der Waals surface area contributed by atoms with Crippen LogP contribution in [0.2, 0.25) is 0 Å². The van der Waals surface area contributed by atoms with Gasteiger partial charge in [0, 0.05) is 19.1 Å². The molecular formula is C7H12N2O. The smallest absolute Gasteiger partial charge is 0.207 e. The number of amides is 1. The first-order valence-electron chi connectivity index (χ1n) is 3.82. The minimum absolute atomic E-state index is 0.450. The molecule has 0 aromatic rings. The summed E-state index contributed by atoms with van der Waals surface area (Å²) in [5.41, 5.74) is 0. The van der Waals surface area contributed by atoms with Crippen LogP contribution in [0.1, 0.15) is 6.42 Å². The van der Waals surface area contributed by atoms with E-state index in [1.54, 1.807) is 0 Å². The average Bonchev–Trinajstić information content (AvgIpc) is 2.48. The lowest BCUT2D eigenvalue weighted by atomic mass is 10.0. The molecule has 3 nitrogen and oxygen atoms in total. The number of fused-ring (bicyclic) bond motifs is 2. The van der Waals surface area contributed by atoms with Gasteiger partial charge >= 0.3 is 0 Å². The fourth-order valence-electron chi connectivity index (χ4n) is 2.06. The zero-order valence-electron chi connectivity index (χ0n) is 5.92. The Balaban J connectivity index is 1.95. The van der Waals surface area contributed by atoms with E-state index in [0.29, 0.717) is 6.04 Å². The second kappa shape index (κ2) is 2.23. The molecule has 0 spiro atoms. The van der Waals surface area contributed by atoms with Crippen LogP contribution in [0.5, 0.6) is 0 Å². The van der Waals surface area contributed by atoms with Gasteiger partial charge in [0.05, 0.1) is 0 Å². The van der Waals surface area contributed by atoms with Crippen LogP contribution in [0.15, 0.2) is 0 Å². The number of carbonyl (C=O) groups is 1. The quantitative estimate of drug-likeness (QED) is 0.521. The van der Waals surface area contributed by atoms with Gasteiger partial charge < -0.3 is 10.2 Å². The second-order valence-corrected chi connectivity index (χ2v) is 3.20. The van der Waals surface area contributed by atoms with Crippen molar-refractivity contribution in [1.29, 1.82) is 0 Å². The summed E-state index contributed by atoms with van der Waals surface area (Å²) in [6, 6.07) is 0.450. The highest BCUT2D eigenvalue weighted by Crippen LogP contribution is 2.27. The van der Waals surface area contributed by atoms with E-state index in [1.165, 1.54) is 19.5 Å². The van der Waals surface area contributed by atoms with E-state index < -0.39 is 0 Å². The first kappa shape index (κ1) is 6.16. The van der Waals surface area contributed by atoms with Crippen LogP contribution in [-0.2, 0) is 4.79 Å². The van der Waals surface area contributed by atoms with Crippen LogP contribution < -0.4 is 5.32 Å². The monoisotopic (exact) mass is 140 g/mol. The lowest BCUT2D eigenvalue weighted by molar-refractivity contribution is -0.110. The second-order valence-electron chi connectivity index (χ2n) is 3.20. The van der Waals surface area contributed by atoms with Crippen molar-refractivity contribution in [1.82, 2.24) is 10.2 Å². The number of hydrogen-bond acceptors (Lipinski definition) is 2. The predicted molar refractivity (Wildman–Crippen MR) is 37.5 cm³/mol. The normalized spacial score (nSPS) is 43.8. The van der Waals surface area contributed by atoms with E-state index in [1.807, 2.05) is 0 Å². The summed E-state index contributed by atoms with van der Waals surface area (Å²) < 4.78 is 0. The third-order valence-electron chi connectivity index (χ3n) is 2.61. The number of rotatable bonds is 2. The van der Waals surface area contributed by atoms with Crippen molar-refractivity contribution >= 4 is 6.41 Å². The molecule has 0 aromatic heterocycles. The molecule has 2 bridgehead atoms. The molecular weight excluding hydrogens is 128 g/mol. The fourth-order valence-corrected chi connectivity index (χ4v) is 2.06. The minimum atomic E-state index is 0.450. The summed E-state index contributed by atoms with van der Waals surface area (Å²) in [5, 5.41) is 2.85. The molecule has 2 aliphatic rings. The van der Waals surface area contributed by atoms with E-state index in [0.717, 1.165) is 18.9 Å². The molecule has 1 unspecified atom stereocenters. The maximum atomic E-state index is 10.1. The van der Waals surface area contributed by atoms with Crippen molar-refractivity contribution in [3.8, 4) is 0 Å². The van der Waals surface area contributed by atoms with E-state index >= 15 is 0 Å². The van der Waals surface area contributed by atoms with Gasteiger partial charge in [0.25, 0.3) is 0 Å². The molecule has 10 heavy (non-hydrogen) atoms. The molecule has 2 fully saturated rings. The highest BCUT2D eigenvalue weighted by molar-refractivity contribution is 5.47. The van der Waals surface area contributed by atoms with Gasteiger partial charge in [-0.15, -0.1) is 0 Å². The molecule has 0 radical (unpaired) electrons. The van der Waals surface area contributed by atoms with Crippen LogP contribution in [0.25, 0.3) is 0 Å². The van der Waals surface area contributed by atoms with Gasteiger partial charge in [-0.1, -0.05) is 0 Å². The molecule has 0 aromatic carbocycles. The number of hydrogen-bond donors (Lipinski definition) is 1. The van der Waals surface area contributed by atoms with Crippen molar-refractivity contribution in [3.63, 3.8) is 0 Å². The van der Waals surface area contributed by atoms with Gasteiger partial charge in [-0.05, 0) is 18.9 Å². The van der Waals surface area contributed by atoms with Crippen molar-refractivity contribution < 1.29 is 4.79 Å². The van der Waals surface area contributed by atoms with Crippen molar-refractivity contribution in [2.75, 3.05) is 19.6 Å². The molecule has 0 aliphatic carbocycles. The third kappa shape index (κ3) is 0.814. The van der Waals surface area contributed by atoms with Gasteiger partial charge in [-0.3, -0.25) is 4.79 Å². The number of nitrogens with zero attached hydrogens (tertiary/aromatic N) is 1. The van der Waals surface area contributed by atoms with Gasteiger partial charge in [-0.2, -0.15) is 0 Å². The van der Waals surface area contributed by atoms with Gasteiger partial charge in [0.15, 0.2) is 0 Å². The molecule has 1 N–H and O–H groups in total. The SMILES string of the molecule is O=CN[C@@H]1CN2CC[C@H]1C2. The standard InChI is InChI=1S/C7H12N2O/c10-5-8-7-4-9-2-1-6(7)3-9/h5-7H,1-4H2,(H,8,10)/t6-,7+/m0/s1. The van der Waals surface area contributed by atoms with E-state index in [2.05, 4.69) is 10.2 Å². The average molecular weight is 140 g/mol. The fraction of sp³-hybridized carbons (Fsp3) is 0.857. The largest absolute Gasteiger partial charge is 0.354 e. The Kier molecular flexibility index (Phi) is 1.38. The molecule has 0 saturated carbocycles. The summed E-state index contributed by atoms with van der Waals surface area (Å²) in [7, 11) is 0. The maximum Gasteiger partial charge on any atom is 0.207 e. The molecule has 3 atom stereocenters. The van der Waals surface area contributed by atoms with Gasteiger partial charge in [0.1, 0.15) is 0 Å². The summed E-state index contributed by atoms with van der Waals surface area (Å²) in [5.74, 6) is 0.741. The molecule has 2 rings (SSSR count). The Morgan fingerprint density at radius 2 is 2.40 bits per heavy atom. The Bertz CT molecular complexity index is 149. The van der Waals surface area contributed by atoms with Gasteiger partial charge in [-0.25, -0.2) is 0 Å². The number of carbonyl (C=O) groups excluding carboxylic acids is 1. The lowest BCUT2D eigenvalue weighted by Crippen LogP contribution is -2.38. The van der Waals surface area contributed by atoms with Crippen LogP contribution in [0, 0.1) is 5.92 Å². The van der Waals surface area contributed by atoms with Crippen LogP contribution in [0.4, 0.5) is 0 Å². The first-order chi connectivity index (χ1) is 4.90. The topological polar surface area (TPSA) is 32.3 Å². The zero-order chi connectivity index (χ0) is 6.97. The molecule has 3 heteroatoms. The highest BCUT2D eigenvalue weighted by Gasteiger charge is 2.37. The van der Waals surface area contributed by atoms with Gasteiger partial charge in [0.2, 0.25) is 6.41 Å². The number of piperidine rings is 1. The minimum Gasteiger partial charge on any atom is -0.354 e. The molecule has 2 aliphatic heterocycles. The summed E-state index contributed by atoms with van der Waals surface area (Å²) >= 11 is 0. The predicted octanol–water partition coefficient (Wildman–Crippen LogP) is -0.563. The summed E-state index contributed by atoms with van der Waals surface area (Å²) in [6.45, 7) is 3.51. The summed E-state index contributed by atoms with van der Waals surface area (Å²) in [4.78, 5) is 12.5. The Labute approximate surface area is 60.4 Å². The van der Waals surface area contributed by atoms with E-state index in [4.69, 9.17) is 0 Å². The lowest BCUT2D eigenvalue weighted by Gasteiger charge is -2.20. The number of nitrogens with one attached hydrogen (secondary N) is 1. The third-order valence-corrected chi connectivity index (χ3v) is 2.61. The summed E-state index contributed by atoms with van der Waals surface area (Å²) in [6.07, 6.45) is 2.10. The molecule has 1 amide bonds. The Morgan fingerprint density at radius 3 is 2.90 bits per heavy atom. The van der Waals surface area contributed by atoms with Crippen molar-refractivity contribution in [2.24, 2.45) is 5.92 Å². The van der Waals surface area contributed by atoms with Crippen LogP contribution in [0.3, 0.4) is 0 Å². The molecule has 56 valence electrons. The highest BCUT2D eigenvalue weighted by atomic mass is 16.1. The van der Waals surface area contributed by atoms with Crippen molar-refractivity contribution in [3.05, 3.63) is 0 Å². The van der Waals surface area contributed by atoms with Crippen LogP contribution in [-0.4, -0.2) is 37.0 Å². The van der Waals surface area contributed by atoms with E-state index in [-0.39, 0.29) is 0 Å². The maximum absolute atomic E-state index is 10.1. The Morgan fingerprint density at radius 1 is 1.50 bits per heavy atom. The zero-order valence-corrected chi connectivity index (χ0v) is 5.92. The Hall–Kier alpha value is -0.570. The van der Waals surface area contributed by atoms with Crippen molar-refractivity contribution in [2.45, 2.75) is 12.5 Å². The first-order valence-corrected chi connectivity index (χ1v) is 3.82. The van der Waals surface area contributed by atoms with Crippen LogP contribution >= 0.6 is 0 Å².